The maximum absolute atomic E-state index is 5.53. The highest BCUT2D eigenvalue weighted by Crippen LogP contribution is 2.26. The quantitative estimate of drug-likeness (QED) is 0.749. The summed E-state index contributed by atoms with van der Waals surface area (Å²) < 4.78 is 0.753. The van der Waals surface area contributed by atoms with Gasteiger partial charge in [0.1, 0.15) is 10.4 Å². The first kappa shape index (κ1) is 9.20. The molecule has 0 aliphatic heterocycles. The molecule has 2 aromatic heterocycles. The van der Waals surface area contributed by atoms with Crippen molar-refractivity contribution in [1.82, 2.24) is 20.2 Å². The van der Waals surface area contributed by atoms with Crippen LogP contribution in [0, 0.1) is 0 Å². The van der Waals surface area contributed by atoms with E-state index in [1.807, 2.05) is 6.92 Å². The third kappa shape index (κ3) is 1.39. The summed E-state index contributed by atoms with van der Waals surface area (Å²) >= 11 is 3.33. The minimum Gasteiger partial charge on any atom is -0.370 e. The van der Waals surface area contributed by atoms with Crippen LogP contribution in [0.15, 0.2) is 4.60 Å². The van der Waals surface area contributed by atoms with Crippen LogP contribution in [0.25, 0.3) is 11.0 Å². The third-order valence-corrected chi connectivity index (χ3v) is 2.30. The lowest BCUT2D eigenvalue weighted by atomic mass is 10.4. The van der Waals surface area contributed by atoms with Crippen LogP contribution in [0.1, 0.15) is 6.92 Å². The number of nitrogen functional groups attached to an aromatic ring is 1. The van der Waals surface area contributed by atoms with Gasteiger partial charge in [-0.1, -0.05) is 0 Å². The molecular weight excluding hydrogens is 248 g/mol. The fourth-order valence-corrected chi connectivity index (χ4v) is 1.66. The van der Waals surface area contributed by atoms with Crippen molar-refractivity contribution in [3.05, 3.63) is 4.60 Å². The predicted octanol–water partition coefficient (Wildman–Crippen LogP) is 1.13. The number of anilines is 2. The Morgan fingerprint density at radius 1 is 1.50 bits per heavy atom. The summed E-state index contributed by atoms with van der Waals surface area (Å²) in [5, 5.41) is 10.7. The van der Waals surface area contributed by atoms with Crippen LogP contribution < -0.4 is 11.1 Å². The van der Waals surface area contributed by atoms with E-state index in [0.29, 0.717) is 11.5 Å². The van der Waals surface area contributed by atoms with Crippen LogP contribution in [0.3, 0.4) is 0 Å². The van der Waals surface area contributed by atoms with Crippen molar-refractivity contribution in [2.45, 2.75) is 6.92 Å². The average Bonchev–Trinajstić information content (AvgIpc) is 2.48. The molecule has 2 heterocycles. The molecule has 0 amide bonds. The summed E-state index contributed by atoms with van der Waals surface area (Å²) in [7, 11) is 0. The summed E-state index contributed by atoms with van der Waals surface area (Å²) in [4.78, 5) is 8.08. The highest BCUT2D eigenvalue weighted by Gasteiger charge is 2.11. The summed E-state index contributed by atoms with van der Waals surface area (Å²) in [6, 6.07) is 0. The molecule has 14 heavy (non-hydrogen) atoms. The molecule has 0 aromatic carbocycles. The summed E-state index contributed by atoms with van der Waals surface area (Å²) in [5.41, 5.74) is 6.09. The Kier molecular flexibility index (Phi) is 2.24. The molecule has 0 spiro atoms. The number of halogens is 1. The standard InChI is InChI=1S/C7H9BrN6/c1-2-10-5-3-4(8)13-14-6(3)12-7(9)11-5/h2H2,1H3,(H4,9,10,11,12,13,14). The van der Waals surface area contributed by atoms with Crippen LogP contribution in [-0.2, 0) is 0 Å². The number of H-pyrrole nitrogens is 1. The molecule has 0 saturated carbocycles. The molecule has 0 bridgehead atoms. The number of hydrogen-bond donors (Lipinski definition) is 3. The Labute approximate surface area is 88.4 Å². The number of fused-ring (bicyclic) bond motifs is 1. The number of aromatic amines is 1. The zero-order chi connectivity index (χ0) is 10.1. The number of nitrogens with zero attached hydrogens (tertiary/aromatic N) is 3. The van der Waals surface area contributed by atoms with Crippen LogP contribution >= 0.6 is 15.9 Å². The van der Waals surface area contributed by atoms with E-state index in [-0.39, 0.29) is 5.95 Å². The molecule has 2 rings (SSSR count). The van der Waals surface area contributed by atoms with Gasteiger partial charge >= 0.3 is 0 Å². The molecule has 2 aromatic rings. The van der Waals surface area contributed by atoms with Gasteiger partial charge in [-0.3, -0.25) is 5.10 Å². The lowest BCUT2D eigenvalue weighted by Gasteiger charge is -2.03. The molecule has 0 atom stereocenters. The molecule has 7 heteroatoms. The minimum absolute atomic E-state index is 0.215. The Balaban J connectivity index is 2.70. The monoisotopic (exact) mass is 256 g/mol. The number of nitrogens with two attached hydrogens (primary N) is 1. The Bertz CT molecular complexity index is 464. The van der Waals surface area contributed by atoms with Crippen molar-refractivity contribution in [2.24, 2.45) is 0 Å². The van der Waals surface area contributed by atoms with Gasteiger partial charge in [0.05, 0.1) is 5.39 Å². The minimum atomic E-state index is 0.215. The van der Waals surface area contributed by atoms with E-state index in [9.17, 15) is 0 Å². The molecular formula is C7H9BrN6. The van der Waals surface area contributed by atoms with Crippen LogP contribution in [-0.4, -0.2) is 26.7 Å². The second-order valence-corrected chi connectivity index (χ2v) is 3.49. The number of hydrogen-bond acceptors (Lipinski definition) is 5. The van der Waals surface area contributed by atoms with E-state index in [4.69, 9.17) is 5.73 Å². The van der Waals surface area contributed by atoms with Crippen LogP contribution in [0.2, 0.25) is 0 Å². The molecule has 0 fully saturated rings. The highest BCUT2D eigenvalue weighted by molar-refractivity contribution is 9.10. The zero-order valence-corrected chi connectivity index (χ0v) is 9.09. The van der Waals surface area contributed by atoms with E-state index >= 15 is 0 Å². The van der Waals surface area contributed by atoms with Gasteiger partial charge in [-0.15, -0.1) is 0 Å². The van der Waals surface area contributed by atoms with Crippen LogP contribution in [0.4, 0.5) is 11.8 Å². The summed E-state index contributed by atoms with van der Waals surface area (Å²) in [6.07, 6.45) is 0. The first-order valence-corrected chi connectivity index (χ1v) is 4.92. The van der Waals surface area contributed by atoms with Crippen molar-refractivity contribution in [1.29, 1.82) is 0 Å². The Morgan fingerprint density at radius 3 is 3.00 bits per heavy atom. The van der Waals surface area contributed by atoms with Gasteiger partial charge in [-0.05, 0) is 22.9 Å². The van der Waals surface area contributed by atoms with Gasteiger partial charge in [0, 0.05) is 6.54 Å². The fourth-order valence-electron chi connectivity index (χ4n) is 1.20. The first-order chi connectivity index (χ1) is 6.72. The topological polar surface area (TPSA) is 92.5 Å². The largest absolute Gasteiger partial charge is 0.370 e. The normalized spacial score (nSPS) is 10.7. The fraction of sp³-hybridized carbons (Fsp3) is 0.286. The predicted molar refractivity (Wildman–Crippen MR) is 58.0 cm³/mol. The molecule has 0 aliphatic carbocycles. The molecule has 0 aliphatic rings. The molecule has 0 saturated heterocycles. The Hall–Kier alpha value is -1.37. The maximum Gasteiger partial charge on any atom is 0.224 e. The van der Waals surface area contributed by atoms with Crippen molar-refractivity contribution in [3.8, 4) is 0 Å². The molecule has 74 valence electrons. The van der Waals surface area contributed by atoms with Gasteiger partial charge in [0.15, 0.2) is 5.65 Å². The summed E-state index contributed by atoms with van der Waals surface area (Å²) in [5.74, 6) is 0.906. The maximum atomic E-state index is 5.53. The first-order valence-electron chi connectivity index (χ1n) is 4.13. The third-order valence-electron chi connectivity index (χ3n) is 1.73. The number of nitrogens with one attached hydrogen (secondary N) is 2. The molecule has 4 N–H and O–H groups in total. The van der Waals surface area contributed by atoms with Crippen molar-refractivity contribution < 1.29 is 0 Å². The lowest BCUT2D eigenvalue weighted by Crippen LogP contribution is -2.03. The SMILES string of the molecule is CCNc1nc(N)nc2n[nH]c(Br)c12. The van der Waals surface area contributed by atoms with E-state index in [1.54, 1.807) is 0 Å². The number of aromatic nitrogens is 4. The average molecular weight is 257 g/mol. The second-order valence-electron chi connectivity index (χ2n) is 2.70. The molecule has 0 radical (unpaired) electrons. The molecule has 6 nitrogen and oxygen atoms in total. The van der Waals surface area contributed by atoms with Gasteiger partial charge in [0.25, 0.3) is 0 Å². The van der Waals surface area contributed by atoms with E-state index in [0.717, 1.165) is 16.5 Å². The van der Waals surface area contributed by atoms with Crippen molar-refractivity contribution in [2.75, 3.05) is 17.6 Å². The second kappa shape index (κ2) is 3.41. The van der Waals surface area contributed by atoms with E-state index in [1.165, 1.54) is 0 Å². The number of rotatable bonds is 2. The van der Waals surface area contributed by atoms with E-state index in [2.05, 4.69) is 41.4 Å². The zero-order valence-electron chi connectivity index (χ0n) is 7.50. The van der Waals surface area contributed by atoms with Gasteiger partial charge in [-0.25, -0.2) is 0 Å². The van der Waals surface area contributed by atoms with Gasteiger partial charge in [-0.2, -0.15) is 15.1 Å². The Morgan fingerprint density at radius 2 is 2.29 bits per heavy atom. The smallest absolute Gasteiger partial charge is 0.224 e. The molecule has 0 unspecified atom stereocenters. The summed E-state index contributed by atoms with van der Waals surface area (Å²) in [6.45, 7) is 2.75. The van der Waals surface area contributed by atoms with E-state index < -0.39 is 0 Å². The lowest BCUT2D eigenvalue weighted by molar-refractivity contribution is 1.07. The van der Waals surface area contributed by atoms with Crippen LogP contribution in [0.5, 0.6) is 0 Å². The van der Waals surface area contributed by atoms with Crippen molar-refractivity contribution >= 4 is 38.7 Å². The highest BCUT2D eigenvalue weighted by atomic mass is 79.9. The van der Waals surface area contributed by atoms with Gasteiger partial charge in [0.2, 0.25) is 5.95 Å². The van der Waals surface area contributed by atoms with Crippen molar-refractivity contribution in [3.63, 3.8) is 0 Å². The van der Waals surface area contributed by atoms with Gasteiger partial charge < -0.3 is 11.1 Å².